The highest BCUT2D eigenvalue weighted by atomic mass is 16.3. The van der Waals surface area contributed by atoms with E-state index in [1.54, 1.807) is 4.57 Å². The molecule has 0 saturated heterocycles. The molecule has 2 aromatic heterocycles. The van der Waals surface area contributed by atoms with Crippen molar-refractivity contribution in [1.29, 1.82) is 0 Å². The summed E-state index contributed by atoms with van der Waals surface area (Å²) in [6, 6.07) is 15.6. The van der Waals surface area contributed by atoms with Crippen molar-refractivity contribution in [1.82, 2.24) is 19.4 Å². The second kappa shape index (κ2) is 8.00. The molecule has 4 aromatic rings. The van der Waals surface area contributed by atoms with Crippen LogP contribution in [0.5, 0.6) is 0 Å². The number of rotatable bonds is 6. The molecule has 1 amide bonds. The summed E-state index contributed by atoms with van der Waals surface area (Å²) in [5, 5.41) is 13.5. The third-order valence-electron chi connectivity index (χ3n) is 5.95. The molecule has 158 valence electrons. The van der Waals surface area contributed by atoms with E-state index in [0.717, 1.165) is 23.0 Å². The highest BCUT2D eigenvalue weighted by Gasteiger charge is 2.27. The number of aromatic nitrogens is 3. The lowest BCUT2D eigenvalue weighted by Gasteiger charge is -2.21. The molecule has 2 N–H and O–H groups in total. The molecule has 0 fully saturated rings. The van der Waals surface area contributed by atoms with Gasteiger partial charge in [-0.1, -0.05) is 30.3 Å². The summed E-state index contributed by atoms with van der Waals surface area (Å²) >= 11 is 0. The zero-order valence-electron chi connectivity index (χ0n) is 17.2. The maximum absolute atomic E-state index is 13.2. The van der Waals surface area contributed by atoms with E-state index in [-0.39, 0.29) is 18.1 Å². The van der Waals surface area contributed by atoms with Crippen molar-refractivity contribution < 1.29 is 9.90 Å². The summed E-state index contributed by atoms with van der Waals surface area (Å²) in [5.41, 5.74) is 3.82. The van der Waals surface area contributed by atoms with Gasteiger partial charge in [0.05, 0.1) is 16.6 Å². The average Bonchev–Trinajstić information content (AvgIpc) is 3.12. The van der Waals surface area contributed by atoms with Crippen molar-refractivity contribution in [2.45, 2.75) is 32.4 Å². The lowest BCUT2D eigenvalue weighted by atomic mass is 10.0. The fourth-order valence-electron chi connectivity index (χ4n) is 4.50. The highest BCUT2D eigenvalue weighted by Crippen LogP contribution is 2.36. The van der Waals surface area contributed by atoms with Crippen molar-refractivity contribution in [3.8, 4) is 11.5 Å². The Hall–Kier alpha value is -3.45. The van der Waals surface area contributed by atoms with Crippen LogP contribution in [-0.2, 0) is 24.3 Å². The minimum absolute atomic E-state index is 0.0233. The van der Waals surface area contributed by atoms with Crippen LogP contribution in [-0.4, -0.2) is 38.3 Å². The number of hydrogen-bond acceptors (Lipinski definition) is 4. The molecule has 3 heterocycles. The van der Waals surface area contributed by atoms with Gasteiger partial charge in [-0.05, 0) is 36.6 Å². The minimum atomic E-state index is -0.0559. The largest absolute Gasteiger partial charge is 0.396 e. The molecule has 31 heavy (non-hydrogen) atoms. The fourth-order valence-corrected chi connectivity index (χ4v) is 4.50. The SMILES string of the molecule is O=C(CCn1c2c(c3ccccc31)CCn1c-2nc2ccccc2c1=O)NCCCO. The summed E-state index contributed by atoms with van der Waals surface area (Å²) in [4.78, 5) is 30.3. The maximum atomic E-state index is 13.2. The van der Waals surface area contributed by atoms with E-state index in [9.17, 15) is 9.59 Å². The Kier molecular flexibility index (Phi) is 5.03. The van der Waals surface area contributed by atoms with E-state index in [1.165, 1.54) is 5.56 Å². The minimum Gasteiger partial charge on any atom is -0.396 e. The van der Waals surface area contributed by atoms with Crippen LogP contribution in [0.4, 0.5) is 0 Å². The predicted molar refractivity (Wildman–Crippen MR) is 120 cm³/mol. The molecule has 2 aromatic carbocycles. The summed E-state index contributed by atoms with van der Waals surface area (Å²) in [6.45, 7) is 1.60. The van der Waals surface area contributed by atoms with Gasteiger partial charge < -0.3 is 15.0 Å². The standard InChI is InChI=1S/C24H24N4O3/c29-15-5-12-25-21(30)11-14-27-20-9-4-2-6-16(20)17-10-13-28-23(22(17)27)26-19-8-3-1-7-18(19)24(28)31/h1-4,6-9,29H,5,10-15H2,(H,25,30). The second-order valence-electron chi connectivity index (χ2n) is 7.83. The van der Waals surface area contributed by atoms with Crippen molar-refractivity contribution in [2.75, 3.05) is 13.2 Å². The van der Waals surface area contributed by atoms with Gasteiger partial charge in [0.1, 0.15) is 0 Å². The van der Waals surface area contributed by atoms with Gasteiger partial charge in [0, 0.05) is 43.6 Å². The van der Waals surface area contributed by atoms with Gasteiger partial charge in [-0.25, -0.2) is 4.98 Å². The number of nitrogens with zero attached hydrogens (tertiary/aromatic N) is 3. The Morgan fingerprint density at radius 2 is 1.87 bits per heavy atom. The van der Waals surface area contributed by atoms with Gasteiger partial charge in [0.25, 0.3) is 5.56 Å². The number of carbonyl (C=O) groups is 1. The molecule has 0 aliphatic carbocycles. The molecule has 1 aliphatic rings. The maximum Gasteiger partial charge on any atom is 0.261 e. The molecular weight excluding hydrogens is 392 g/mol. The number of amides is 1. The summed E-state index contributed by atoms with van der Waals surface area (Å²) in [7, 11) is 0. The number of aliphatic hydroxyl groups excluding tert-OH is 1. The normalized spacial score (nSPS) is 12.7. The van der Waals surface area contributed by atoms with E-state index in [2.05, 4.69) is 22.0 Å². The number of para-hydroxylation sites is 2. The zero-order chi connectivity index (χ0) is 21.4. The summed E-state index contributed by atoms with van der Waals surface area (Å²) in [5.74, 6) is 0.612. The van der Waals surface area contributed by atoms with Gasteiger partial charge in [-0.15, -0.1) is 0 Å². The van der Waals surface area contributed by atoms with Crippen LogP contribution in [0, 0.1) is 0 Å². The van der Waals surface area contributed by atoms with Crippen LogP contribution in [0.2, 0.25) is 0 Å². The fraction of sp³-hybridized carbons (Fsp3) is 0.292. The number of aryl methyl sites for hydroxylation is 2. The molecule has 0 spiro atoms. The smallest absolute Gasteiger partial charge is 0.261 e. The zero-order valence-corrected chi connectivity index (χ0v) is 17.2. The monoisotopic (exact) mass is 416 g/mol. The van der Waals surface area contributed by atoms with Crippen molar-refractivity contribution in [2.24, 2.45) is 0 Å². The molecule has 0 atom stereocenters. The van der Waals surface area contributed by atoms with Crippen LogP contribution in [0.15, 0.2) is 53.3 Å². The molecule has 0 unspecified atom stereocenters. The van der Waals surface area contributed by atoms with Crippen molar-refractivity contribution >= 4 is 27.7 Å². The Labute approximate surface area is 179 Å². The van der Waals surface area contributed by atoms with E-state index in [4.69, 9.17) is 10.1 Å². The Balaban J connectivity index is 1.63. The van der Waals surface area contributed by atoms with E-state index >= 15 is 0 Å². The first-order valence-corrected chi connectivity index (χ1v) is 10.7. The quantitative estimate of drug-likeness (QED) is 0.473. The molecule has 0 bridgehead atoms. The van der Waals surface area contributed by atoms with E-state index in [1.807, 2.05) is 36.4 Å². The highest BCUT2D eigenvalue weighted by molar-refractivity contribution is 5.92. The molecule has 7 nitrogen and oxygen atoms in total. The number of benzene rings is 2. The lowest BCUT2D eigenvalue weighted by Crippen LogP contribution is -2.29. The van der Waals surface area contributed by atoms with Crippen LogP contribution >= 0.6 is 0 Å². The van der Waals surface area contributed by atoms with Crippen LogP contribution < -0.4 is 10.9 Å². The van der Waals surface area contributed by atoms with Crippen LogP contribution in [0.25, 0.3) is 33.3 Å². The van der Waals surface area contributed by atoms with Gasteiger partial charge in [-0.2, -0.15) is 0 Å². The molecule has 7 heteroatoms. The van der Waals surface area contributed by atoms with Crippen LogP contribution in [0.3, 0.4) is 0 Å². The number of hydrogen-bond donors (Lipinski definition) is 2. The van der Waals surface area contributed by atoms with Gasteiger partial charge in [0.15, 0.2) is 5.82 Å². The second-order valence-corrected chi connectivity index (χ2v) is 7.83. The van der Waals surface area contributed by atoms with E-state index < -0.39 is 0 Å². The molecule has 0 saturated carbocycles. The number of fused-ring (bicyclic) bond motifs is 6. The first-order chi connectivity index (χ1) is 15.2. The molecule has 5 rings (SSSR count). The topological polar surface area (TPSA) is 89.2 Å². The molecule has 1 aliphatic heterocycles. The number of nitrogens with one attached hydrogen (secondary N) is 1. The third kappa shape index (κ3) is 3.31. The molecule has 0 radical (unpaired) electrons. The predicted octanol–water partition coefficient (Wildman–Crippen LogP) is 2.46. The third-order valence-corrected chi connectivity index (χ3v) is 5.95. The Bertz CT molecular complexity index is 1350. The van der Waals surface area contributed by atoms with Gasteiger partial charge in [-0.3, -0.25) is 14.2 Å². The Morgan fingerprint density at radius 1 is 1.10 bits per heavy atom. The van der Waals surface area contributed by atoms with Gasteiger partial charge in [0.2, 0.25) is 5.91 Å². The Morgan fingerprint density at radius 3 is 2.71 bits per heavy atom. The first kappa shape index (κ1) is 19.5. The summed E-state index contributed by atoms with van der Waals surface area (Å²) in [6.07, 6.45) is 1.60. The van der Waals surface area contributed by atoms with Crippen molar-refractivity contribution in [3.05, 3.63) is 64.4 Å². The van der Waals surface area contributed by atoms with E-state index in [0.29, 0.717) is 49.2 Å². The first-order valence-electron chi connectivity index (χ1n) is 10.7. The lowest BCUT2D eigenvalue weighted by molar-refractivity contribution is -0.121. The molecular formula is C24H24N4O3. The average molecular weight is 416 g/mol. The van der Waals surface area contributed by atoms with Crippen molar-refractivity contribution in [3.63, 3.8) is 0 Å². The number of aliphatic hydroxyl groups is 1. The number of carbonyl (C=O) groups excluding carboxylic acids is 1. The summed E-state index contributed by atoms with van der Waals surface area (Å²) < 4.78 is 3.89. The van der Waals surface area contributed by atoms with Gasteiger partial charge >= 0.3 is 0 Å². The van der Waals surface area contributed by atoms with Crippen LogP contribution in [0.1, 0.15) is 18.4 Å².